The van der Waals surface area contributed by atoms with Gasteiger partial charge < -0.3 is 24.8 Å². The number of hydrogen-bond donors (Lipinski definition) is 2. The first-order valence-corrected chi connectivity index (χ1v) is 7.74. The second-order valence-electron chi connectivity index (χ2n) is 5.34. The van der Waals surface area contributed by atoms with Crippen LogP contribution >= 0.6 is 0 Å². The number of methoxy groups -OCH3 is 1. The van der Waals surface area contributed by atoms with Crippen LogP contribution in [0, 0.1) is 0 Å². The number of amides is 2. The zero-order valence-electron chi connectivity index (χ0n) is 13.7. The molecule has 7 heteroatoms. The highest BCUT2D eigenvalue weighted by Crippen LogP contribution is 2.32. The van der Waals surface area contributed by atoms with Gasteiger partial charge in [0, 0.05) is 17.7 Å². The summed E-state index contributed by atoms with van der Waals surface area (Å²) in [5.74, 6) is 1.18. The number of ether oxygens (including phenoxy) is 3. The molecule has 1 aliphatic rings. The van der Waals surface area contributed by atoms with Gasteiger partial charge >= 0.3 is 0 Å². The highest BCUT2D eigenvalue weighted by atomic mass is 16.7. The first-order valence-electron chi connectivity index (χ1n) is 7.74. The van der Waals surface area contributed by atoms with Crippen LogP contribution in [0.4, 0.5) is 0 Å². The molecule has 0 atom stereocenters. The van der Waals surface area contributed by atoms with Crippen LogP contribution in [0.1, 0.15) is 15.9 Å². The number of fused-ring (bicyclic) bond motifs is 1. The van der Waals surface area contributed by atoms with Crippen LogP contribution in [-0.2, 0) is 11.3 Å². The summed E-state index contributed by atoms with van der Waals surface area (Å²) in [4.78, 5) is 24.0. The van der Waals surface area contributed by atoms with Crippen molar-refractivity contribution < 1.29 is 23.8 Å². The molecule has 0 radical (unpaired) electrons. The van der Waals surface area contributed by atoms with Gasteiger partial charge in [-0.15, -0.1) is 0 Å². The van der Waals surface area contributed by atoms with E-state index < -0.39 is 0 Å². The topological polar surface area (TPSA) is 85.9 Å². The Morgan fingerprint density at radius 1 is 1.08 bits per heavy atom. The normalized spacial score (nSPS) is 11.7. The summed E-state index contributed by atoms with van der Waals surface area (Å²) in [5, 5.41) is 5.32. The van der Waals surface area contributed by atoms with Gasteiger partial charge in [-0.05, 0) is 24.3 Å². The molecule has 7 nitrogen and oxygen atoms in total. The summed E-state index contributed by atoms with van der Waals surface area (Å²) in [6.07, 6.45) is 0. The quantitative estimate of drug-likeness (QED) is 0.830. The summed E-state index contributed by atoms with van der Waals surface area (Å²) in [6, 6.07) is 12.3. The van der Waals surface area contributed by atoms with Crippen molar-refractivity contribution in [2.75, 3.05) is 20.4 Å². The highest BCUT2D eigenvalue weighted by Gasteiger charge is 2.16. The van der Waals surface area contributed by atoms with Crippen LogP contribution < -0.4 is 24.8 Å². The number of rotatable bonds is 6. The number of carbonyl (C=O) groups excluding carboxylic acids is 2. The first-order chi connectivity index (χ1) is 12.2. The molecule has 3 rings (SSSR count). The number of benzene rings is 2. The number of carbonyl (C=O) groups is 2. The van der Waals surface area contributed by atoms with E-state index in [4.69, 9.17) is 14.2 Å². The zero-order chi connectivity index (χ0) is 17.6. The Kier molecular flexibility index (Phi) is 5.03. The van der Waals surface area contributed by atoms with Crippen molar-refractivity contribution in [2.45, 2.75) is 6.54 Å². The van der Waals surface area contributed by atoms with E-state index in [1.54, 1.807) is 25.3 Å². The molecular formula is C18H18N2O5. The van der Waals surface area contributed by atoms with E-state index >= 15 is 0 Å². The van der Waals surface area contributed by atoms with Gasteiger partial charge in [0.1, 0.15) is 5.75 Å². The van der Waals surface area contributed by atoms with Gasteiger partial charge in [0.05, 0.1) is 13.7 Å². The standard InChI is InChI=1S/C18H18N2O5/c1-23-14-5-3-2-4-13(14)9-19-17(21)10-20-18(22)12-6-7-15-16(8-12)25-11-24-15/h2-8H,9-11H2,1H3,(H,19,21)(H,20,22). The van der Waals surface area contributed by atoms with E-state index in [-0.39, 0.29) is 25.2 Å². The minimum absolute atomic E-state index is 0.123. The maximum atomic E-state index is 12.1. The van der Waals surface area contributed by atoms with Crippen molar-refractivity contribution in [1.29, 1.82) is 0 Å². The molecular weight excluding hydrogens is 324 g/mol. The predicted octanol–water partition coefficient (Wildman–Crippen LogP) is 1.47. The summed E-state index contributed by atoms with van der Waals surface area (Å²) >= 11 is 0. The maximum Gasteiger partial charge on any atom is 0.251 e. The summed E-state index contributed by atoms with van der Waals surface area (Å²) in [7, 11) is 1.58. The molecule has 2 aromatic carbocycles. The van der Waals surface area contributed by atoms with E-state index in [1.807, 2.05) is 24.3 Å². The third kappa shape index (κ3) is 4.00. The highest BCUT2D eigenvalue weighted by molar-refractivity contribution is 5.97. The second kappa shape index (κ2) is 7.57. The van der Waals surface area contributed by atoms with Gasteiger partial charge in [0.15, 0.2) is 11.5 Å². The Morgan fingerprint density at radius 3 is 2.72 bits per heavy atom. The molecule has 130 valence electrons. The molecule has 0 spiro atoms. The molecule has 0 saturated carbocycles. The second-order valence-corrected chi connectivity index (χ2v) is 5.34. The third-order valence-electron chi connectivity index (χ3n) is 3.71. The van der Waals surface area contributed by atoms with Gasteiger partial charge in [-0.1, -0.05) is 18.2 Å². The fourth-order valence-electron chi connectivity index (χ4n) is 2.41. The molecule has 2 N–H and O–H groups in total. The molecule has 0 aliphatic carbocycles. The Morgan fingerprint density at radius 2 is 1.88 bits per heavy atom. The summed E-state index contributed by atoms with van der Waals surface area (Å²) in [6.45, 7) is 0.344. The lowest BCUT2D eigenvalue weighted by atomic mass is 10.2. The smallest absolute Gasteiger partial charge is 0.251 e. The molecule has 0 saturated heterocycles. The molecule has 0 bridgehead atoms. The van der Waals surface area contributed by atoms with Crippen LogP contribution in [0.15, 0.2) is 42.5 Å². The number of para-hydroxylation sites is 1. The van der Waals surface area contributed by atoms with Crippen molar-refractivity contribution in [1.82, 2.24) is 10.6 Å². The molecule has 0 unspecified atom stereocenters. The van der Waals surface area contributed by atoms with Gasteiger partial charge in [0.2, 0.25) is 12.7 Å². The Balaban J connectivity index is 1.49. The van der Waals surface area contributed by atoms with Crippen molar-refractivity contribution in [3.63, 3.8) is 0 Å². The minimum Gasteiger partial charge on any atom is -0.496 e. The number of nitrogens with one attached hydrogen (secondary N) is 2. The Labute approximate surface area is 144 Å². The van der Waals surface area contributed by atoms with Crippen molar-refractivity contribution in [3.8, 4) is 17.2 Å². The molecule has 1 aliphatic heterocycles. The molecule has 2 aromatic rings. The zero-order valence-corrected chi connectivity index (χ0v) is 13.7. The van der Waals surface area contributed by atoms with Crippen LogP contribution in [0.5, 0.6) is 17.2 Å². The van der Waals surface area contributed by atoms with Crippen molar-refractivity contribution in [3.05, 3.63) is 53.6 Å². The largest absolute Gasteiger partial charge is 0.496 e. The van der Waals surface area contributed by atoms with Gasteiger partial charge in [-0.2, -0.15) is 0 Å². The third-order valence-corrected chi connectivity index (χ3v) is 3.71. The molecule has 2 amide bonds. The van der Waals surface area contributed by atoms with E-state index in [0.29, 0.717) is 29.4 Å². The predicted molar refractivity (Wildman–Crippen MR) is 89.7 cm³/mol. The fourth-order valence-corrected chi connectivity index (χ4v) is 2.41. The van der Waals surface area contributed by atoms with Gasteiger partial charge in [0.25, 0.3) is 5.91 Å². The van der Waals surface area contributed by atoms with E-state index in [9.17, 15) is 9.59 Å². The molecule has 0 aromatic heterocycles. The van der Waals surface area contributed by atoms with Crippen molar-refractivity contribution >= 4 is 11.8 Å². The lowest BCUT2D eigenvalue weighted by Gasteiger charge is -2.10. The lowest BCUT2D eigenvalue weighted by Crippen LogP contribution is -2.36. The van der Waals surface area contributed by atoms with Gasteiger partial charge in [-0.25, -0.2) is 0 Å². The monoisotopic (exact) mass is 342 g/mol. The van der Waals surface area contributed by atoms with Crippen LogP contribution in [0.3, 0.4) is 0 Å². The van der Waals surface area contributed by atoms with Gasteiger partial charge in [-0.3, -0.25) is 9.59 Å². The summed E-state index contributed by atoms with van der Waals surface area (Å²) < 4.78 is 15.7. The minimum atomic E-state index is -0.356. The van der Waals surface area contributed by atoms with E-state index in [1.165, 1.54) is 0 Å². The number of hydrogen-bond acceptors (Lipinski definition) is 5. The Bertz CT molecular complexity index is 791. The lowest BCUT2D eigenvalue weighted by molar-refractivity contribution is -0.120. The Hall–Kier alpha value is -3.22. The van der Waals surface area contributed by atoms with Crippen LogP contribution in [-0.4, -0.2) is 32.3 Å². The van der Waals surface area contributed by atoms with E-state index in [0.717, 1.165) is 5.56 Å². The van der Waals surface area contributed by atoms with Crippen LogP contribution in [0.25, 0.3) is 0 Å². The van der Waals surface area contributed by atoms with Crippen molar-refractivity contribution in [2.24, 2.45) is 0 Å². The van der Waals surface area contributed by atoms with E-state index in [2.05, 4.69) is 10.6 Å². The maximum absolute atomic E-state index is 12.1. The first kappa shape index (κ1) is 16.6. The molecule has 25 heavy (non-hydrogen) atoms. The average molecular weight is 342 g/mol. The van der Waals surface area contributed by atoms with Crippen LogP contribution in [0.2, 0.25) is 0 Å². The average Bonchev–Trinajstić information content (AvgIpc) is 3.12. The molecule has 0 fully saturated rings. The fraction of sp³-hybridized carbons (Fsp3) is 0.222. The summed E-state index contributed by atoms with van der Waals surface area (Å²) in [5.41, 5.74) is 1.27. The molecule has 1 heterocycles. The SMILES string of the molecule is COc1ccccc1CNC(=O)CNC(=O)c1ccc2c(c1)OCO2.